The van der Waals surface area contributed by atoms with Crippen LogP contribution in [0.5, 0.6) is 0 Å². The first-order valence-electron chi connectivity index (χ1n) is 4.26. The molecule has 0 unspecified atom stereocenters. The van der Waals surface area contributed by atoms with Crippen LogP contribution in [0.2, 0.25) is 0 Å². The van der Waals surface area contributed by atoms with Crippen LogP contribution >= 0.6 is 0 Å². The maximum Gasteiger partial charge on any atom is 0.121 e. The van der Waals surface area contributed by atoms with Crippen LogP contribution in [0.4, 0.5) is 4.39 Å². The summed E-state index contributed by atoms with van der Waals surface area (Å²) in [7, 11) is 0. The Bertz CT molecular complexity index is 89.6. The summed E-state index contributed by atoms with van der Waals surface area (Å²) in [5.74, 6) is -0.413. The van der Waals surface area contributed by atoms with E-state index >= 15 is 0 Å². The Labute approximate surface area is 68.9 Å². The highest BCUT2D eigenvalue weighted by atomic mass is 19.1. The van der Waals surface area contributed by atoms with Crippen molar-refractivity contribution in [2.45, 2.75) is 40.0 Å². The van der Waals surface area contributed by atoms with Gasteiger partial charge in [-0.2, -0.15) is 0 Å². The second kappa shape index (κ2) is 12.3. The molecule has 0 spiro atoms. The van der Waals surface area contributed by atoms with Crippen molar-refractivity contribution in [1.82, 2.24) is 0 Å². The summed E-state index contributed by atoms with van der Waals surface area (Å²) in [5.41, 5.74) is 0. The van der Waals surface area contributed by atoms with Crippen molar-refractivity contribution in [3.8, 4) is 0 Å². The van der Waals surface area contributed by atoms with E-state index in [0.29, 0.717) is 0 Å². The number of aliphatic hydroxyl groups is 1. The highest BCUT2D eigenvalue weighted by Crippen LogP contribution is 2.00. The minimum absolute atomic E-state index is 0.413. The van der Waals surface area contributed by atoms with E-state index in [1.807, 2.05) is 20.8 Å². The molecule has 68 valence electrons. The van der Waals surface area contributed by atoms with Crippen LogP contribution in [0.1, 0.15) is 40.0 Å². The topological polar surface area (TPSA) is 20.2 Å². The van der Waals surface area contributed by atoms with Gasteiger partial charge in [-0.05, 0) is 12.8 Å². The quantitative estimate of drug-likeness (QED) is 0.630. The molecular formula is C9H19FO. The third-order valence-corrected chi connectivity index (χ3v) is 1.07. The molecule has 0 rings (SSSR count). The number of aliphatic hydroxyl groups excluding tert-OH is 1. The van der Waals surface area contributed by atoms with Gasteiger partial charge in [0.1, 0.15) is 5.83 Å². The molecular weight excluding hydrogens is 143 g/mol. The molecule has 2 heteroatoms. The lowest BCUT2D eigenvalue weighted by atomic mass is 10.2. The van der Waals surface area contributed by atoms with Crippen molar-refractivity contribution in [3.05, 3.63) is 11.9 Å². The van der Waals surface area contributed by atoms with Crippen molar-refractivity contribution in [2.75, 3.05) is 6.61 Å². The Morgan fingerprint density at radius 1 is 1.45 bits per heavy atom. The van der Waals surface area contributed by atoms with Gasteiger partial charge in [0.15, 0.2) is 0 Å². The second-order valence-corrected chi connectivity index (χ2v) is 1.95. The van der Waals surface area contributed by atoms with Crippen molar-refractivity contribution in [3.63, 3.8) is 0 Å². The Kier molecular flexibility index (Phi) is 14.8. The molecule has 0 heterocycles. The highest BCUT2D eigenvalue weighted by Gasteiger charge is 1.87. The third kappa shape index (κ3) is 12.8. The second-order valence-electron chi connectivity index (χ2n) is 1.95. The normalized spacial score (nSPS) is 10.5. The average Bonchev–Trinajstić information content (AvgIpc) is 2.08. The lowest BCUT2D eigenvalue weighted by Gasteiger charge is -1.89. The first kappa shape index (κ1) is 13.2. The van der Waals surface area contributed by atoms with E-state index in [1.54, 1.807) is 0 Å². The molecule has 0 aliphatic rings. The van der Waals surface area contributed by atoms with Crippen LogP contribution in [-0.4, -0.2) is 11.7 Å². The van der Waals surface area contributed by atoms with Gasteiger partial charge in [0.2, 0.25) is 0 Å². The maximum atomic E-state index is 12.1. The monoisotopic (exact) mass is 162 g/mol. The molecule has 0 aliphatic carbocycles. The minimum Gasteiger partial charge on any atom is -0.389 e. The summed E-state index contributed by atoms with van der Waals surface area (Å²) < 4.78 is 12.1. The van der Waals surface area contributed by atoms with E-state index in [9.17, 15) is 4.39 Å². The van der Waals surface area contributed by atoms with Crippen LogP contribution in [0.25, 0.3) is 0 Å². The maximum absolute atomic E-state index is 12.1. The smallest absolute Gasteiger partial charge is 0.121 e. The van der Waals surface area contributed by atoms with Gasteiger partial charge >= 0.3 is 0 Å². The summed E-state index contributed by atoms with van der Waals surface area (Å²) in [6.45, 7) is 5.59. The van der Waals surface area contributed by atoms with Crippen LogP contribution in [0.3, 0.4) is 0 Å². The molecule has 0 aliphatic heterocycles. The van der Waals surface area contributed by atoms with Gasteiger partial charge in [0, 0.05) is 0 Å². The fraction of sp³-hybridized carbons (Fsp3) is 0.778. The Balaban J connectivity index is 0. The van der Waals surface area contributed by atoms with Crippen molar-refractivity contribution in [2.24, 2.45) is 0 Å². The molecule has 0 saturated heterocycles. The molecule has 11 heavy (non-hydrogen) atoms. The number of hydrogen-bond donors (Lipinski definition) is 1. The van der Waals surface area contributed by atoms with Gasteiger partial charge in [0.25, 0.3) is 0 Å². The predicted octanol–water partition coefficient (Wildman–Crippen LogP) is 3.05. The van der Waals surface area contributed by atoms with Gasteiger partial charge in [-0.25, -0.2) is 4.39 Å². The fourth-order valence-electron chi connectivity index (χ4n) is 0.527. The summed E-state index contributed by atoms with van der Waals surface area (Å²) in [4.78, 5) is 0. The van der Waals surface area contributed by atoms with Crippen LogP contribution in [-0.2, 0) is 0 Å². The lowest BCUT2D eigenvalue weighted by molar-refractivity contribution is 0.297. The van der Waals surface area contributed by atoms with Crippen molar-refractivity contribution in [1.29, 1.82) is 0 Å². The van der Waals surface area contributed by atoms with E-state index in [-0.39, 0.29) is 0 Å². The Hall–Kier alpha value is -0.370. The van der Waals surface area contributed by atoms with E-state index in [4.69, 9.17) is 5.11 Å². The molecule has 0 radical (unpaired) electrons. The van der Waals surface area contributed by atoms with Gasteiger partial charge < -0.3 is 5.11 Å². The molecule has 0 fully saturated rings. The van der Waals surface area contributed by atoms with E-state index in [0.717, 1.165) is 19.3 Å². The van der Waals surface area contributed by atoms with Crippen LogP contribution in [0, 0.1) is 0 Å². The molecule has 0 amide bonds. The number of allylic oxidation sites excluding steroid dienone is 1. The zero-order chi connectivity index (χ0) is 9.11. The number of hydrogen-bond acceptors (Lipinski definition) is 1. The average molecular weight is 162 g/mol. The van der Waals surface area contributed by atoms with E-state index < -0.39 is 12.4 Å². The Morgan fingerprint density at radius 3 is 2.36 bits per heavy atom. The first-order chi connectivity index (χ1) is 5.31. The van der Waals surface area contributed by atoms with E-state index in [1.165, 1.54) is 6.08 Å². The summed E-state index contributed by atoms with van der Waals surface area (Å²) in [6.07, 6.45) is 4.23. The summed E-state index contributed by atoms with van der Waals surface area (Å²) >= 11 is 0. The molecule has 0 aromatic carbocycles. The molecule has 0 atom stereocenters. The number of unbranched alkanes of at least 4 members (excludes halogenated alkanes) is 2. The molecule has 0 bridgehead atoms. The first-order valence-corrected chi connectivity index (χ1v) is 4.26. The molecule has 0 aromatic heterocycles. The molecule has 1 N–H and O–H groups in total. The third-order valence-electron chi connectivity index (χ3n) is 1.07. The van der Waals surface area contributed by atoms with Crippen molar-refractivity contribution < 1.29 is 9.50 Å². The van der Waals surface area contributed by atoms with Gasteiger partial charge in [-0.15, -0.1) is 0 Å². The molecule has 0 aromatic rings. The number of rotatable bonds is 4. The SMILES string of the molecule is CC.CCCC/C=C(/F)CO. The molecule has 0 saturated carbocycles. The zero-order valence-corrected chi connectivity index (χ0v) is 7.73. The van der Waals surface area contributed by atoms with Crippen molar-refractivity contribution >= 4 is 0 Å². The molecule has 1 nitrogen and oxygen atoms in total. The van der Waals surface area contributed by atoms with Gasteiger partial charge in [-0.3, -0.25) is 0 Å². The summed E-state index contributed by atoms with van der Waals surface area (Å²) in [6, 6.07) is 0. The largest absolute Gasteiger partial charge is 0.389 e. The van der Waals surface area contributed by atoms with Crippen LogP contribution in [0.15, 0.2) is 11.9 Å². The Morgan fingerprint density at radius 2 is 2.00 bits per heavy atom. The minimum atomic E-state index is -0.455. The fourth-order valence-corrected chi connectivity index (χ4v) is 0.527. The van der Waals surface area contributed by atoms with E-state index in [2.05, 4.69) is 0 Å². The standard InChI is InChI=1S/C7H13FO.C2H6/c1-2-3-4-5-7(8)6-9;1-2/h5,9H,2-4,6H2,1H3;1-2H3/b7-5+;. The highest BCUT2D eigenvalue weighted by molar-refractivity contribution is 4.90. The predicted molar refractivity (Wildman–Crippen MR) is 47.1 cm³/mol. The summed E-state index contributed by atoms with van der Waals surface area (Å²) in [5, 5.41) is 8.19. The zero-order valence-electron chi connectivity index (χ0n) is 7.73. The number of halogens is 1. The van der Waals surface area contributed by atoms with Crippen LogP contribution < -0.4 is 0 Å². The van der Waals surface area contributed by atoms with Gasteiger partial charge in [-0.1, -0.05) is 33.3 Å². The van der Waals surface area contributed by atoms with Gasteiger partial charge in [0.05, 0.1) is 6.61 Å². The lowest BCUT2D eigenvalue weighted by Crippen LogP contribution is -1.81.